The summed E-state index contributed by atoms with van der Waals surface area (Å²) in [7, 11) is 0. The summed E-state index contributed by atoms with van der Waals surface area (Å²) < 4.78 is 0. The molecule has 17 heavy (non-hydrogen) atoms. The van der Waals surface area contributed by atoms with Gasteiger partial charge in [-0.05, 0) is 17.5 Å². The number of aromatic nitrogens is 1. The first-order valence-corrected chi connectivity index (χ1v) is 4.55. The highest BCUT2D eigenvalue weighted by atomic mass is 16.4. The first-order chi connectivity index (χ1) is 8.00. The van der Waals surface area contributed by atoms with Gasteiger partial charge >= 0.3 is 11.9 Å². The summed E-state index contributed by atoms with van der Waals surface area (Å²) in [5.41, 5.74) is 0.837. The fraction of sp³-hybridized carbons (Fsp3) is 0. The van der Waals surface area contributed by atoms with Gasteiger partial charge in [0.1, 0.15) is 0 Å². The number of H-pyrrole nitrogens is 1. The van der Waals surface area contributed by atoms with Crippen molar-refractivity contribution in [2.45, 2.75) is 0 Å². The van der Waals surface area contributed by atoms with Gasteiger partial charge in [-0.2, -0.15) is 0 Å². The maximum Gasteiger partial charge on any atom is 0.414 e. The summed E-state index contributed by atoms with van der Waals surface area (Å²) in [6, 6.07) is 11.0. The smallest absolute Gasteiger partial charge is 0.414 e. The summed E-state index contributed by atoms with van der Waals surface area (Å²) in [5, 5.41) is 15.8. The zero-order chi connectivity index (χ0) is 12.8. The molecule has 0 unspecified atom stereocenters. The average Bonchev–Trinajstić information content (AvgIpc) is 2.29. The van der Waals surface area contributed by atoms with Crippen molar-refractivity contribution in [1.29, 1.82) is 0 Å². The maximum atomic E-state index is 10.8. The predicted molar refractivity (Wildman–Crippen MR) is 59.8 cm³/mol. The Bertz CT molecular complexity index is 590. The molecule has 1 aromatic heterocycles. The van der Waals surface area contributed by atoms with E-state index in [1.54, 1.807) is 0 Å². The zero-order valence-electron chi connectivity index (χ0n) is 8.58. The van der Waals surface area contributed by atoms with Gasteiger partial charge in [-0.15, -0.1) is 0 Å². The molecule has 0 spiro atoms. The third kappa shape index (κ3) is 3.78. The molecule has 0 radical (unpaired) electrons. The second-order valence-corrected chi connectivity index (χ2v) is 3.02. The molecule has 0 saturated heterocycles. The van der Waals surface area contributed by atoms with Crippen molar-refractivity contribution in [3.63, 3.8) is 0 Å². The van der Waals surface area contributed by atoms with Crippen molar-refractivity contribution in [3.8, 4) is 0 Å². The van der Waals surface area contributed by atoms with Gasteiger partial charge in [-0.1, -0.05) is 18.2 Å². The number of benzene rings is 1. The minimum absolute atomic E-state index is 0.0521. The van der Waals surface area contributed by atoms with Crippen LogP contribution in [0.4, 0.5) is 0 Å². The minimum atomic E-state index is -1.82. The van der Waals surface area contributed by atoms with Crippen LogP contribution in [0, 0.1) is 0 Å². The van der Waals surface area contributed by atoms with Crippen LogP contribution in [0.25, 0.3) is 10.9 Å². The number of aliphatic carboxylic acids is 2. The van der Waals surface area contributed by atoms with Crippen molar-refractivity contribution in [3.05, 3.63) is 46.8 Å². The molecule has 0 amide bonds. The molecule has 0 atom stereocenters. The molecule has 0 bridgehead atoms. The van der Waals surface area contributed by atoms with E-state index in [-0.39, 0.29) is 5.56 Å². The number of aromatic amines is 1. The number of carbonyl (C=O) groups is 2. The van der Waals surface area contributed by atoms with Crippen LogP contribution in [-0.4, -0.2) is 27.1 Å². The molecule has 0 aliphatic carbocycles. The van der Waals surface area contributed by atoms with E-state index in [9.17, 15) is 4.79 Å². The van der Waals surface area contributed by atoms with Crippen LogP contribution in [0.1, 0.15) is 0 Å². The minimum Gasteiger partial charge on any atom is -0.473 e. The topological polar surface area (TPSA) is 107 Å². The number of para-hydroxylation sites is 1. The Kier molecular flexibility index (Phi) is 3.99. The average molecular weight is 235 g/mol. The fourth-order valence-electron chi connectivity index (χ4n) is 1.10. The largest absolute Gasteiger partial charge is 0.473 e. The summed E-state index contributed by atoms with van der Waals surface area (Å²) in [6.07, 6.45) is 0. The number of hydrogen-bond acceptors (Lipinski definition) is 3. The summed E-state index contributed by atoms with van der Waals surface area (Å²) in [5.74, 6) is -3.65. The molecule has 3 N–H and O–H groups in total. The highest BCUT2D eigenvalue weighted by Crippen LogP contribution is 2.06. The molecular formula is C11H9NO5. The summed E-state index contributed by atoms with van der Waals surface area (Å²) >= 11 is 0. The standard InChI is InChI=1S/C9H7NO.C2H2O4/c11-9-6-5-7-3-1-2-4-8(7)10-9;3-1(4)2(5)6/h1-6H,(H,10,11);(H,3,4)(H,5,6). The van der Waals surface area contributed by atoms with E-state index >= 15 is 0 Å². The first-order valence-electron chi connectivity index (χ1n) is 4.55. The maximum absolute atomic E-state index is 10.8. The third-order valence-corrected chi connectivity index (χ3v) is 1.82. The number of pyridine rings is 1. The number of carboxylic acid groups (broad SMARTS) is 2. The Hall–Kier alpha value is -2.63. The van der Waals surface area contributed by atoms with Gasteiger partial charge in [-0.3, -0.25) is 4.79 Å². The lowest BCUT2D eigenvalue weighted by Gasteiger charge is -1.93. The van der Waals surface area contributed by atoms with Crippen LogP contribution < -0.4 is 5.56 Å². The molecule has 6 heteroatoms. The van der Waals surface area contributed by atoms with Crippen LogP contribution in [-0.2, 0) is 9.59 Å². The van der Waals surface area contributed by atoms with Crippen LogP contribution in [0.2, 0.25) is 0 Å². The highest BCUT2D eigenvalue weighted by Gasteiger charge is 2.04. The Morgan fingerprint density at radius 1 is 0.941 bits per heavy atom. The SMILES string of the molecule is O=C(O)C(=O)O.O=c1ccc2ccccc2[nH]1. The lowest BCUT2D eigenvalue weighted by molar-refractivity contribution is -0.159. The molecular weight excluding hydrogens is 226 g/mol. The fourth-order valence-corrected chi connectivity index (χ4v) is 1.10. The molecule has 0 saturated carbocycles. The number of rotatable bonds is 0. The van der Waals surface area contributed by atoms with Crippen molar-refractivity contribution in [2.24, 2.45) is 0 Å². The number of carboxylic acids is 2. The monoisotopic (exact) mass is 235 g/mol. The van der Waals surface area contributed by atoms with Gasteiger partial charge in [-0.25, -0.2) is 9.59 Å². The van der Waals surface area contributed by atoms with Crippen molar-refractivity contribution >= 4 is 22.8 Å². The molecule has 2 rings (SSSR count). The van der Waals surface area contributed by atoms with Gasteiger partial charge in [0.05, 0.1) is 0 Å². The number of hydrogen-bond donors (Lipinski definition) is 3. The van der Waals surface area contributed by atoms with Gasteiger partial charge in [0, 0.05) is 11.6 Å². The van der Waals surface area contributed by atoms with E-state index in [0.717, 1.165) is 10.9 Å². The Labute approximate surface area is 95.1 Å². The predicted octanol–water partition coefficient (Wildman–Crippen LogP) is 0.684. The highest BCUT2D eigenvalue weighted by molar-refractivity contribution is 6.27. The molecule has 6 nitrogen and oxygen atoms in total. The van der Waals surface area contributed by atoms with Gasteiger partial charge in [0.2, 0.25) is 5.56 Å². The lowest BCUT2D eigenvalue weighted by Crippen LogP contribution is -2.09. The molecule has 0 fully saturated rings. The van der Waals surface area contributed by atoms with E-state index < -0.39 is 11.9 Å². The summed E-state index contributed by atoms with van der Waals surface area (Å²) in [6.45, 7) is 0. The van der Waals surface area contributed by atoms with E-state index in [0.29, 0.717) is 0 Å². The van der Waals surface area contributed by atoms with Gasteiger partial charge < -0.3 is 15.2 Å². The van der Waals surface area contributed by atoms with Crippen molar-refractivity contribution in [2.75, 3.05) is 0 Å². The number of nitrogens with one attached hydrogen (secondary N) is 1. The quantitative estimate of drug-likeness (QED) is 0.582. The van der Waals surface area contributed by atoms with Crippen molar-refractivity contribution in [1.82, 2.24) is 4.98 Å². The van der Waals surface area contributed by atoms with Gasteiger partial charge in [0.15, 0.2) is 0 Å². The normalized spacial score (nSPS) is 9.18. The zero-order valence-corrected chi connectivity index (χ0v) is 8.58. The molecule has 0 aliphatic rings. The van der Waals surface area contributed by atoms with E-state index in [1.165, 1.54) is 6.07 Å². The lowest BCUT2D eigenvalue weighted by atomic mass is 10.2. The van der Waals surface area contributed by atoms with Crippen LogP contribution in [0.15, 0.2) is 41.2 Å². The third-order valence-electron chi connectivity index (χ3n) is 1.82. The molecule has 88 valence electrons. The van der Waals surface area contributed by atoms with Gasteiger partial charge in [0.25, 0.3) is 0 Å². The van der Waals surface area contributed by atoms with Crippen LogP contribution in [0.3, 0.4) is 0 Å². The van der Waals surface area contributed by atoms with Crippen LogP contribution >= 0.6 is 0 Å². The molecule has 1 aromatic carbocycles. The second-order valence-electron chi connectivity index (χ2n) is 3.02. The second kappa shape index (κ2) is 5.45. The van der Waals surface area contributed by atoms with E-state index in [4.69, 9.17) is 19.8 Å². The Morgan fingerprint density at radius 2 is 1.53 bits per heavy atom. The number of fused-ring (bicyclic) bond motifs is 1. The first kappa shape index (κ1) is 12.4. The Balaban J connectivity index is 0.000000209. The molecule has 1 heterocycles. The van der Waals surface area contributed by atoms with E-state index in [1.807, 2.05) is 30.3 Å². The summed E-state index contributed by atoms with van der Waals surface area (Å²) in [4.78, 5) is 31.8. The van der Waals surface area contributed by atoms with Crippen LogP contribution in [0.5, 0.6) is 0 Å². The van der Waals surface area contributed by atoms with Crippen molar-refractivity contribution < 1.29 is 19.8 Å². The van der Waals surface area contributed by atoms with E-state index in [2.05, 4.69) is 4.98 Å². The molecule has 0 aliphatic heterocycles. The Morgan fingerprint density at radius 3 is 2.12 bits per heavy atom. The molecule has 2 aromatic rings.